The van der Waals surface area contributed by atoms with Gasteiger partial charge in [-0.1, -0.05) is 29.8 Å². The van der Waals surface area contributed by atoms with E-state index in [0.29, 0.717) is 17.1 Å². The molecule has 0 aliphatic carbocycles. The zero-order valence-corrected chi connectivity index (χ0v) is 18.8. The second kappa shape index (κ2) is 11.0. The van der Waals surface area contributed by atoms with Crippen LogP contribution in [-0.4, -0.2) is 53.3 Å². The molecule has 3 aromatic rings. The normalized spacial score (nSPS) is 15.2. The zero-order chi connectivity index (χ0) is 25.6. The molecule has 0 radical (unpaired) electrons. The molecule has 0 saturated carbocycles. The van der Waals surface area contributed by atoms with Crippen molar-refractivity contribution in [2.75, 3.05) is 18.0 Å². The van der Waals surface area contributed by atoms with Crippen molar-refractivity contribution in [2.45, 2.75) is 18.6 Å². The summed E-state index contributed by atoms with van der Waals surface area (Å²) in [5, 5.41) is 14.1. The fourth-order valence-corrected chi connectivity index (χ4v) is 3.63. The Labute approximate surface area is 202 Å². The third-order valence-corrected chi connectivity index (χ3v) is 5.29. The number of fused-ring (bicyclic) bond motifs is 1. The molecule has 2 heterocycles. The van der Waals surface area contributed by atoms with E-state index < -0.39 is 24.1 Å². The zero-order valence-electron chi connectivity index (χ0n) is 18.1. The number of hydrogen-bond acceptors (Lipinski definition) is 5. The van der Waals surface area contributed by atoms with Crippen LogP contribution in [0.3, 0.4) is 0 Å². The molecule has 4 rings (SSSR count). The number of aliphatic carboxylic acids is 1. The SMILES string of the molecule is O=C(NC(=O)c1ccccc1)NC1CCN(c2ccnc3cc(Cl)ccc23)C1.O=C(O)C(F)(F)F. The number of carbonyl (C=O) groups is 3. The number of hydrogen-bond donors (Lipinski definition) is 3. The fourth-order valence-electron chi connectivity index (χ4n) is 3.47. The molecule has 1 aliphatic rings. The van der Waals surface area contributed by atoms with Gasteiger partial charge < -0.3 is 15.3 Å². The first-order chi connectivity index (χ1) is 16.5. The first-order valence-corrected chi connectivity index (χ1v) is 10.7. The van der Waals surface area contributed by atoms with Crippen LogP contribution in [0.15, 0.2) is 60.8 Å². The summed E-state index contributed by atoms with van der Waals surface area (Å²) in [5.74, 6) is -3.17. The molecule has 1 atom stereocenters. The van der Waals surface area contributed by atoms with Crippen LogP contribution < -0.4 is 15.5 Å². The van der Waals surface area contributed by atoms with Crippen LogP contribution in [0.2, 0.25) is 5.02 Å². The number of urea groups is 1. The van der Waals surface area contributed by atoms with Crippen molar-refractivity contribution in [3.8, 4) is 0 Å². The third-order valence-electron chi connectivity index (χ3n) is 5.05. The molecule has 184 valence electrons. The predicted octanol–water partition coefficient (Wildman–Crippen LogP) is 4.24. The number of anilines is 1. The van der Waals surface area contributed by atoms with E-state index in [9.17, 15) is 22.8 Å². The van der Waals surface area contributed by atoms with Gasteiger partial charge in [0.25, 0.3) is 5.91 Å². The number of imide groups is 1. The Bertz CT molecular complexity index is 1220. The van der Waals surface area contributed by atoms with Crippen LogP contribution in [0.25, 0.3) is 10.9 Å². The largest absolute Gasteiger partial charge is 0.490 e. The standard InChI is InChI=1S/C21H19ClN4O2.C2HF3O2/c22-15-6-7-17-18(12-15)23-10-8-19(17)26-11-9-16(13-26)24-21(28)25-20(27)14-4-2-1-3-5-14;3-2(4,5)1(6)7/h1-8,10,12,16H,9,11,13H2,(H2,24,25,27,28);(H,6,7). The Morgan fingerprint density at radius 1 is 1.09 bits per heavy atom. The van der Waals surface area contributed by atoms with E-state index >= 15 is 0 Å². The van der Waals surface area contributed by atoms with Gasteiger partial charge in [0.05, 0.1) is 5.52 Å². The van der Waals surface area contributed by atoms with Gasteiger partial charge in [0.1, 0.15) is 0 Å². The molecule has 0 spiro atoms. The first kappa shape index (κ1) is 25.8. The third kappa shape index (κ3) is 7.06. The van der Waals surface area contributed by atoms with Gasteiger partial charge in [-0.2, -0.15) is 13.2 Å². The summed E-state index contributed by atoms with van der Waals surface area (Å²) in [7, 11) is 0. The lowest BCUT2D eigenvalue weighted by molar-refractivity contribution is -0.192. The van der Waals surface area contributed by atoms with Gasteiger partial charge in [-0.25, -0.2) is 9.59 Å². The first-order valence-electron chi connectivity index (χ1n) is 10.3. The summed E-state index contributed by atoms with van der Waals surface area (Å²) in [6.45, 7) is 1.47. The molecule has 8 nitrogen and oxygen atoms in total. The maximum Gasteiger partial charge on any atom is 0.490 e. The van der Waals surface area contributed by atoms with Crippen LogP contribution in [0.4, 0.5) is 23.7 Å². The van der Waals surface area contributed by atoms with Gasteiger partial charge in [-0.05, 0) is 42.8 Å². The van der Waals surface area contributed by atoms with Crippen molar-refractivity contribution in [1.29, 1.82) is 0 Å². The Morgan fingerprint density at radius 2 is 1.77 bits per heavy atom. The molecule has 0 bridgehead atoms. The molecule has 12 heteroatoms. The minimum Gasteiger partial charge on any atom is -0.475 e. The quantitative estimate of drug-likeness (QED) is 0.488. The summed E-state index contributed by atoms with van der Waals surface area (Å²) in [6, 6.07) is 15.8. The lowest BCUT2D eigenvalue weighted by Crippen LogP contribution is -2.45. The van der Waals surface area contributed by atoms with Crippen LogP contribution in [0.1, 0.15) is 16.8 Å². The molecule has 1 saturated heterocycles. The van der Waals surface area contributed by atoms with Gasteiger partial charge in [0.15, 0.2) is 0 Å². The van der Waals surface area contributed by atoms with Crippen molar-refractivity contribution in [3.05, 3.63) is 71.4 Å². The Morgan fingerprint density at radius 3 is 2.43 bits per heavy atom. The summed E-state index contributed by atoms with van der Waals surface area (Å²) < 4.78 is 31.7. The van der Waals surface area contributed by atoms with Crippen molar-refractivity contribution < 1.29 is 32.7 Å². The number of benzene rings is 2. The number of rotatable bonds is 3. The van der Waals surface area contributed by atoms with E-state index in [0.717, 1.165) is 29.6 Å². The summed E-state index contributed by atoms with van der Waals surface area (Å²) in [6.07, 6.45) is -2.52. The minimum atomic E-state index is -5.08. The average molecular weight is 509 g/mol. The van der Waals surface area contributed by atoms with Gasteiger partial charge in [0.2, 0.25) is 0 Å². The topological polar surface area (TPSA) is 112 Å². The molecule has 35 heavy (non-hydrogen) atoms. The Kier molecular flexibility index (Phi) is 8.13. The molecule has 1 unspecified atom stereocenters. The molecule has 1 aliphatic heterocycles. The van der Waals surface area contributed by atoms with Crippen molar-refractivity contribution >= 4 is 46.1 Å². The fraction of sp³-hybridized carbons (Fsp3) is 0.217. The molecule has 1 aromatic heterocycles. The lowest BCUT2D eigenvalue weighted by Gasteiger charge is -2.21. The number of pyridine rings is 1. The maximum atomic E-state index is 12.2. The lowest BCUT2D eigenvalue weighted by atomic mass is 10.2. The highest BCUT2D eigenvalue weighted by molar-refractivity contribution is 6.31. The second-order valence-electron chi connectivity index (χ2n) is 7.52. The Balaban J connectivity index is 0.000000429. The molecule has 1 fully saturated rings. The van der Waals surface area contributed by atoms with Crippen LogP contribution in [0.5, 0.6) is 0 Å². The van der Waals surface area contributed by atoms with Gasteiger partial charge in [-0.3, -0.25) is 15.1 Å². The molecule has 3 N–H and O–H groups in total. The van der Waals surface area contributed by atoms with E-state index in [1.807, 2.05) is 30.3 Å². The number of aromatic nitrogens is 1. The molecule has 3 amide bonds. The van der Waals surface area contributed by atoms with Crippen molar-refractivity contribution in [1.82, 2.24) is 15.6 Å². The molecular weight excluding hydrogens is 489 g/mol. The highest BCUT2D eigenvalue weighted by Crippen LogP contribution is 2.29. The number of carbonyl (C=O) groups excluding carboxylic acids is 2. The number of carboxylic acid groups (broad SMARTS) is 1. The highest BCUT2D eigenvalue weighted by atomic mass is 35.5. The average Bonchev–Trinajstić information content (AvgIpc) is 3.26. The number of nitrogens with one attached hydrogen (secondary N) is 2. The summed E-state index contributed by atoms with van der Waals surface area (Å²) in [4.78, 5) is 39.8. The number of nitrogens with zero attached hydrogens (tertiary/aromatic N) is 2. The van der Waals surface area contributed by atoms with Crippen molar-refractivity contribution in [2.24, 2.45) is 0 Å². The molecule has 2 aromatic carbocycles. The summed E-state index contributed by atoms with van der Waals surface area (Å²) >= 11 is 6.06. The summed E-state index contributed by atoms with van der Waals surface area (Å²) in [5.41, 5.74) is 2.35. The minimum absolute atomic E-state index is 0.0425. The Hall–Kier alpha value is -3.86. The predicted molar refractivity (Wildman–Crippen MR) is 124 cm³/mol. The maximum absolute atomic E-state index is 12.2. The van der Waals surface area contributed by atoms with Gasteiger partial charge in [-0.15, -0.1) is 0 Å². The van der Waals surface area contributed by atoms with Crippen molar-refractivity contribution in [3.63, 3.8) is 0 Å². The smallest absolute Gasteiger partial charge is 0.475 e. The van der Waals surface area contributed by atoms with E-state index in [1.54, 1.807) is 30.5 Å². The van der Waals surface area contributed by atoms with Crippen LogP contribution in [0, 0.1) is 0 Å². The monoisotopic (exact) mass is 508 g/mol. The van der Waals surface area contributed by atoms with Gasteiger partial charge in [0, 0.05) is 47.0 Å². The number of carboxylic acids is 1. The van der Waals surface area contributed by atoms with E-state index in [1.165, 1.54) is 0 Å². The van der Waals surface area contributed by atoms with Crippen LogP contribution >= 0.6 is 11.6 Å². The van der Waals surface area contributed by atoms with Gasteiger partial charge >= 0.3 is 18.2 Å². The van der Waals surface area contributed by atoms with E-state index in [4.69, 9.17) is 21.5 Å². The number of halogens is 4. The van der Waals surface area contributed by atoms with E-state index in [-0.39, 0.29) is 6.04 Å². The number of amides is 3. The highest BCUT2D eigenvalue weighted by Gasteiger charge is 2.38. The van der Waals surface area contributed by atoms with Crippen LogP contribution in [-0.2, 0) is 4.79 Å². The van der Waals surface area contributed by atoms with E-state index in [2.05, 4.69) is 20.5 Å². The molecular formula is C23H20ClF3N4O4. The second-order valence-corrected chi connectivity index (χ2v) is 7.96. The number of alkyl halides is 3.